The predicted octanol–water partition coefficient (Wildman–Crippen LogP) is -0.548. The van der Waals surface area contributed by atoms with Gasteiger partial charge in [0, 0.05) is 26.2 Å². The van der Waals surface area contributed by atoms with E-state index in [1.165, 1.54) is 11.0 Å². The zero-order valence-electron chi connectivity index (χ0n) is 16.6. The second-order valence-electron chi connectivity index (χ2n) is 5.92. The highest BCUT2D eigenvalue weighted by Crippen LogP contribution is 2.32. The van der Waals surface area contributed by atoms with E-state index in [2.05, 4.69) is 35.0 Å². The number of nitrogens with one attached hydrogen (secondary N) is 2. The van der Waals surface area contributed by atoms with Gasteiger partial charge in [0.25, 0.3) is 10.1 Å². The van der Waals surface area contributed by atoms with Gasteiger partial charge in [-0.2, -0.15) is 23.4 Å². The van der Waals surface area contributed by atoms with Crippen molar-refractivity contribution in [3.05, 3.63) is 18.2 Å². The van der Waals surface area contributed by atoms with E-state index >= 15 is 0 Å². The van der Waals surface area contributed by atoms with Crippen LogP contribution in [0.15, 0.2) is 28.0 Å². The van der Waals surface area contributed by atoms with E-state index in [-0.39, 0.29) is 61.3 Å². The van der Waals surface area contributed by atoms with Gasteiger partial charge >= 0.3 is 0 Å². The molecule has 0 saturated heterocycles. The van der Waals surface area contributed by atoms with Gasteiger partial charge in [0.1, 0.15) is 0 Å². The normalized spacial score (nSPS) is 11.4. The summed E-state index contributed by atoms with van der Waals surface area (Å²) in [6, 6.07) is 3.49. The van der Waals surface area contributed by atoms with Crippen molar-refractivity contribution in [3.8, 4) is 0 Å². The lowest BCUT2D eigenvalue weighted by Gasteiger charge is -2.21. The Hall–Kier alpha value is -2.35. The first-order chi connectivity index (χ1) is 15.3. The SMILES string of the molecule is NCCNc1nc(Nc2cc(S(=O)(=O)O)ccc2SOOO)nc(N(CCO)CCO)n1. The molecule has 15 nitrogen and oxygen atoms in total. The number of nitrogens with two attached hydrogens (primary N) is 1. The maximum Gasteiger partial charge on any atom is 0.294 e. The van der Waals surface area contributed by atoms with Crippen molar-refractivity contribution in [1.29, 1.82) is 0 Å². The monoisotopic (exact) mass is 493 g/mol. The summed E-state index contributed by atoms with van der Waals surface area (Å²) in [7, 11) is -4.53. The van der Waals surface area contributed by atoms with Crippen LogP contribution in [0, 0.1) is 0 Å². The molecule has 0 bridgehead atoms. The summed E-state index contributed by atoms with van der Waals surface area (Å²) in [5, 5.41) is 36.2. The molecule has 178 valence electrons. The largest absolute Gasteiger partial charge is 0.395 e. The van der Waals surface area contributed by atoms with Gasteiger partial charge in [-0.05, 0) is 18.2 Å². The molecule has 0 amide bonds. The molecule has 0 aliphatic carbocycles. The molecule has 1 aromatic heterocycles. The minimum absolute atomic E-state index is 0.0466. The van der Waals surface area contributed by atoms with Crippen LogP contribution in [0.2, 0.25) is 0 Å². The quantitative estimate of drug-likeness (QED) is 0.0758. The van der Waals surface area contributed by atoms with Gasteiger partial charge in [-0.25, -0.2) is 5.26 Å². The summed E-state index contributed by atoms with van der Waals surface area (Å²) in [5.74, 6) is 0.189. The van der Waals surface area contributed by atoms with Crippen molar-refractivity contribution in [2.75, 3.05) is 54.9 Å². The average Bonchev–Trinajstić information content (AvgIpc) is 2.76. The fourth-order valence-corrected chi connectivity index (χ4v) is 3.32. The molecule has 0 saturated carbocycles. The minimum Gasteiger partial charge on any atom is -0.395 e. The highest BCUT2D eigenvalue weighted by molar-refractivity contribution is 7.94. The van der Waals surface area contributed by atoms with Gasteiger partial charge in [0.15, 0.2) is 0 Å². The van der Waals surface area contributed by atoms with Crippen molar-refractivity contribution in [3.63, 3.8) is 0 Å². The number of hydrogen-bond acceptors (Lipinski definition) is 15. The molecule has 0 aliphatic rings. The molecule has 2 aromatic rings. The fourth-order valence-electron chi connectivity index (χ4n) is 2.39. The Morgan fingerprint density at radius 3 is 2.41 bits per heavy atom. The van der Waals surface area contributed by atoms with Crippen molar-refractivity contribution < 1.29 is 37.8 Å². The molecular formula is C15H23N7O8S2. The summed E-state index contributed by atoms with van der Waals surface area (Å²) < 4.78 is 36.8. The van der Waals surface area contributed by atoms with Crippen LogP contribution in [-0.4, -0.2) is 82.8 Å². The van der Waals surface area contributed by atoms with Crippen molar-refractivity contribution >= 4 is 45.7 Å². The Bertz CT molecular complexity index is 976. The van der Waals surface area contributed by atoms with Crippen LogP contribution in [0.5, 0.6) is 0 Å². The fraction of sp³-hybridized carbons (Fsp3) is 0.400. The lowest BCUT2D eigenvalue weighted by molar-refractivity contribution is -0.432. The third-order valence-electron chi connectivity index (χ3n) is 3.72. The first-order valence-electron chi connectivity index (χ1n) is 9.02. The third kappa shape index (κ3) is 7.65. The van der Waals surface area contributed by atoms with Crippen LogP contribution >= 0.6 is 12.0 Å². The van der Waals surface area contributed by atoms with E-state index in [9.17, 15) is 23.2 Å². The highest BCUT2D eigenvalue weighted by atomic mass is 32.2. The topological polar surface area (TPSA) is 226 Å². The van der Waals surface area contributed by atoms with E-state index in [0.29, 0.717) is 18.6 Å². The number of nitrogens with zero attached hydrogens (tertiary/aromatic N) is 4. The van der Waals surface area contributed by atoms with Crippen LogP contribution in [-0.2, 0) is 19.5 Å². The molecule has 0 aliphatic heterocycles. The molecule has 8 N–H and O–H groups in total. The standard InChI is InChI=1S/C15H23N7O8S2/c16-3-4-17-13-19-14(21-15(20-13)22(5-7-23)6-8-24)18-11-9-10(32(26,27)28)1-2-12(11)31-30-29-25/h1-2,9,23-25H,3-8,16H2,(H,26,27,28)(H2,17,18,19,20,21). The van der Waals surface area contributed by atoms with Gasteiger partial charge in [-0.1, -0.05) is 5.04 Å². The first kappa shape index (κ1) is 25.9. The summed E-state index contributed by atoms with van der Waals surface area (Å²) in [6.45, 7) is 0.425. The number of anilines is 4. The Morgan fingerprint density at radius 1 is 1.12 bits per heavy atom. The van der Waals surface area contributed by atoms with Crippen molar-refractivity contribution in [2.24, 2.45) is 5.73 Å². The van der Waals surface area contributed by atoms with Gasteiger partial charge in [-0.3, -0.25) is 4.55 Å². The Labute approximate surface area is 187 Å². The number of rotatable bonds is 14. The van der Waals surface area contributed by atoms with Gasteiger partial charge in [0.2, 0.25) is 17.8 Å². The molecule has 0 atom stereocenters. The molecule has 2 rings (SSSR count). The third-order valence-corrected chi connectivity index (χ3v) is 5.24. The van der Waals surface area contributed by atoms with E-state index in [4.69, 9.17) is 11.0 Å². The smallest absolute Gasteiger partial charge is 0.294 e. The lowest BCUT2D eigenvalue weighted by atomic mass is 10.3. The van der Waals surface area contributed by atoms with Gasteiger partial charge in [0.05, 0.1) is 40.7 Å². The molecular weight excluding hydrogens is 470 g/mol. The van der Waals surface area contributed by atoms with Crippen molar-refractivity contribution in [1.82, 2.24) is 15.0 Å². The molecule has 1 heterocycles. The molecule has 0 spiro atoms. The average molecular weight is 494 g/mol. The number of hydrogen-bond donors (Lipinski definition) is 7. The molecule has 17 heteroatoms. The first-order valence-corrected chi connectivity index (χ1v) is 11.2. The Balaban J connectivity index is 2.49. The number of aromatic nitrogens is 3. The maximum absolute atomic E-state index is 11.5. The number of aliphatic hydroxyl groups is 2. The van der Waals surface area contributed by atoms with E-state index in [1.54, 1.807) is 0 Å². The molecule has 0 fully saturated rings. The summed E-state index contributed by atoms with van der Waals surface area (Å²) in [5.41, 5.74) is 5.58. The zero-order chi connectivity index (χ0) is 23.6. The lowest BCUT2D eigenvalue weighted by Crippen LogP contribution is -2.32. The summed E-state index contributed by atoms with van der Waals surface area (Å²) in [4.78, 5) is 14.0. The van der Waals surface area contributed by atoms with Crippen LogP contribution < -0.4 is 21.3 Å². The van der Waals surface area contributed by atoms with Crippen LogP contribution in [0.3, 0.4) is 0 Å². The minimum atomic E-state index is -4.53. The molecule has 0 radical (unpaired) electrons. The second kappa shape index (κ2) is 12.6. The van der Waals surface area contributed by atoms with Gasteiger partial charge < -0.3 is 31.5 Å². The van der Waals surface area contributed by atoms with Crippen LogP contribution in [0.4, 0.5) is 23.5 Å². The van der Waals surface area contributed by atoms with E-state index in [1.807, 2.05) is 0 Å². The highest BCUT2D eigenvalue weighted by Gasteiger charge is 2.17. The Kier molecular flexibility index (Phi) is 10.2. The predicted molar refractivity (Wildman–Crippen MR) is 114 cm³/mol. The molecule has 32 heavy (non-hydrogen) atoms. The van der Waals surface area contributed by atoms with Gasteiger partial charge in [-0.15, -0.1) is 4.33 Å². The Morgan fingerprint density at radius 2 is 1.81 bits per heavy atom. The number of benzene rings is 1. The zero-order valence-corrected chi connectivity index (χ0v) is 18.2. The van der Waals surface area contributed by atoms with E-state index in [0.717, 1.165) is 12.1 Å². The molecule has 0 unspecified atom stereocenters. The van der Waals surface area contributed by atoms with E-state index < -0.39 is 15.0 Å². The molecule has 1 aromatic carbocycles. The second-order valence-corrected chi connectivity index (χ2v) is 8.08. The number of aliphatic hydroxyl groups excluding tert-OH is 2. The maximum atomic E-state index is 11.5. The summed E-state index contributed by atoms with van der Waals surface area (Å²) in [6.07, 6.45) is 0. The van der Waals surface area contributed by atoms with Crippen LogP contribution in [0.25, 0.3) is 0 Å². The van der Waals surface area contributed by atoms with Crippen LogP contribution in [0.1, 0.15) is 0 Å². The van der Waals surface area contributed by atoms with Crippen molar-refractivity contribution in [2.45, 2.75) is 9.79 Å². The summed E-state index contributed by atoms with van der Waals surface area (Å²) >= 11 is 0.539.